The highest BCUT2D eigenvalue weighted by Crippen LogP contribution is 2.32. The third-order valence-electron chi connectivity index (χ3n) is 2.18. The third-order valence-corrected chi connectivity index (χ3v) is 4.27. The number of furan rings is 3. The van der Waals surface area contributed by atoms with Gasteiger partial charge < -0.3 is 13.3 Å². The molecule has 0 aliphatic carbocycles. The van der Waals surface area contributed by atoms with E-state index in [4.69, 9.17) is 13.3 Å². The fraction of sp³-hybridized carbons (Fsp3) is 0. The van der Waals surface area contributed by atoms with Crippen LogP contribution in [0.25, 0.3) is 0 Å². The van der Waals surface area contributed by atoms with Gasteiger partial charge in [0.2, 0.25) is 0 Å². The molecule has 0 amide bonds. The van der Waals surface area contributed by atoms with E-state index in [1.165, 1.54) is 0 Å². The molecule has 0 fully saturated rings. The molecule has 3 aromatic heterocycles. The van der Waals surface area contributed by atoms with Crippen LogP contribution in [0.5, 0.6) is 0 Å². The van der Waals surface area contributed by atoms with Crippen LogP contribution in [-0.4, -0.2) is 8.41 Å². The molecule has 17 heavy (non-hydrogen) atoms. The second kappa shape index (κ2) is 5.11. The highest BCUT2D eigenvalue weighted by molar-refractivity contribution is 7.78. The zero-order chi connectivity index (χ0) is 10.8. The first-order valence-electron chi connectivity index (χ1n) is 4.86. The quantitative estimate of drug-likeness (QED) is 0.520. The fourth-order valence-corrected chi connectivity index (χ4v) is 3.37. The Labute approximate surface area is 102 Å². The maximum absolute atomic E-state index is 5.45. The molecule has 0 aliphatic heterocycles. The van der Waals surface area contributed by atoms with E-state index < -0.39 is 7.92 Å². The summed E-state index contributed by atoms with van der Waals surface area (Å²) in [6.45, 7) is 0. The molecule has 3 rings (SSSR count). The molecule has 0 atom stereocenters. The molecule has 3 heterocycles. The second-order valence-corrected chi connectivity index (χ2v) is 5.18. The standard InChI is InChI=1S/C12H9O3P.B/c1-4-10(13-7-1)16(11-5-2-8-14-11)12-6-3-9-15-12;/h1-9H;. The molecule has 0 saturated carbocycles. The van der Waals surface area contributed by atoms with Gasteiger partial charge in [0.15, 0.2) is 0 Å². The molecule has 0 spiro atoms. The number of hydrogen-bond donors (Lipinski definition) is 0. The highest BCUT2D eigenvalue weighted by atomic mass is 31.1. The Hall–Kier alpha value is -1.67. The average molecular weight is 243 g/mol. The van der Waals surface area contributed by atoms with E-state index in [1.54, 1.807) is 18.8 Å². The van der Waals surface area contributed by atoms with Gasteiger partial charge in [0, 0.05) is 8.41 Å². The SMILES string of the molecule is [B].c1coc(P(c2ccco2)c2ccco2)c1. The number of rotatable bonds is 3. The van der Waals surface area contributed by atoms with Crippen molar-refractivity contribution in [2.75, 3.05) is 0 Å². The molecule has 3 aromatic rings. The van der Waals surface area contributed by atoms with Crippen molar-refractivity contribution in [2.45, 2.75) is 0 Å². The van der Waals surface area contributed by atoms with Gasteiger partial charge in [-0.25, -0.2) is 0 Å². The Kier molecular flexibility index (Phi) is 3.55. The van der Waals surface area contributed by atoms with E-state index in [9.17, 15) is 0 Å². The van der Waals surface area contributed by atoms with Crippen molar-refractivity contribution < 1.29 is 13.3 Å². The second-order valence-electron chi connectivity index (χ2n) is 3.19. The van der Waals surface area contributed by atoms with Crippen molar-refractivity contribution in [3.63, 3.8) is 0 Å². The molecular formula is C12H9BO3P. The van der Waals surface area contributed by atoms with Crippen LogP contribution in [0.4, 0.5) is 0 Å². The van der Waals surface area contributed by atoms with Crippen LogP contribution >= 0.6 is 7.92 Å². The Balaban J connectivity index is 0.00000108. The van der Waals surface area contributed by atoms with E-state index in [1.807, 2.05) is 36.4 Å². The van der Waals surface area contributed by atoms with Crippen molar-refractivity contribution in [2.24, 2.45) is 0 Å². The topological polar surface area (TPSA) is 39.4 Å². The van der Waals surface area contributed by atoms with Gasteiger partial charge in [-0.2, -0.15) is 0 Å². The summed E-state index contributed by atoms with van der Waals surface area (Å²) in [5.74, 6) is 0. The first kappa shape index (κ1) is 11.8. The van der Waals surface area contributed by atoms with Crippen molar-refractivity contribution in [1.29, 1.82) is 0 Å². The van der Waals surface area contributed by atoms with Crippen LogP contribution in [0, 0.1) is 0 Å². The molecular weight excluding hydrogens is 234 g/mol. The van der Waals surface area contributed by atoms with Gasteiger partial charge in [-0.15, -0.1) is 0 Å². The van der Waals surface area contributed by atoms with Crippen molar-refractivity contribution >= 4 is 32.8 Å². The molecule has 3 nitrogen and oxygen atoms in total. The molecule has 0 saturated heterocycles. The maximum atomic E-state index is 5.45. The summed E-state index contributed by atoms with van der Waals surface area (Å²) in [5, 5.41) is 0. The lowest BCUT2D eigenvalue weighted by Crippen LogP contribution is -2.17. The normalized spacial score (nSPS) is 10.4. The van der Waals surface area contributed by atoms with E-state index in [2.05, 4.69) is 0 Å². The first-order valence-corrected chi connectivity index (χ1v) is 6.20. The molecule has 3 radical (unpaired) electrons. The van der Waals surface area contributed by atoms with Crippen LogP contribution in [-0.2, 0) is 0 Å². The predicted octanol–water partition coefficient (Wildman–Crippen LogP) is 1.84. The molecule has 0 N–H and O–H groups in total. The monoisotopic (exact) mass is 243 g/mol. The predicted molar refractivity (Wildman–Crippen MR) is 67.7 cm³/mol. The van der Waals surface area contributed by atoms with E-state index in [0.29, 0.717) is 0 Å². The molecule has 0 bridgehead atoms. The summed E-state index contributed by atoms with van der Waals surface area (Å²) < 4.78 is 16.4. The minimum Gasteiger partial charge on any atom is -0.464 e. The van der Waals surface area contributed by atoms with E-state index >= 15 is 0 Å². The average Bonchev–Trinajstić information content (AvgIpc) is 3.02. The molecule has 83 valence electrons. The van der Waals surface area contributed by atoms with Crippen molar-refractivity contribution in [3.8, 4) is 0 Å². The van der Waals surface area contributed by atoms with Gasteiger partial charge in [0.25, 0.3) is 0 Å². The Morgan fingerprint density at radius 2 is 1.00 bits per heavy atom. The Bertz CT molecular complexity index is 447. The van der Waals surface area contributed by atoms with Crippen LogP contribution in [0.2, 0.25) is 0 Å². The summed E-state index contributed by atoms with van der Waals surface area (Å²) >= 11 is 0. The molecule has 5 heteroatoms. The first-order chi connectivity index (χ1) is 7.95. The van der Waals surface area contributed by atoms with Gasteiger partial charge in [0.05, 0.1) is 18.8 Å². The molecule has 0 aliphatic rings. The van der Waals surface area contributed by atoms with Crippen LogP contribution < -0.4 is 16.5 Å². The summed E-state index contributed by atoms with van der Waals surface area (Å²) in [5.41, 5.74) is 2.62. The van der Waals surface area contributed by atoms with Crippen LogP contribution in [0.15, 0.2) is 68.4 Å². The zero-order valence-corrected chi connectivity index (χ0v) is 9.84. The van der Waals surface area contributed by atoms with Gasteiger partial charge >= 0.3 is 0 Å². The lowest BCUT2D eigenvalue weighted by molar-refractivity contribution is 0.584. The largest absolute Gasteiger partial charge is 0.464 e. The van der Waals surface area contributed by atoms with Gasteiger partial charge in [0.1, 0.15) is 24.4 Å². The van der Waals surface area contributed by atoms with Crippen LogP contribution in [0.1, 0.15) is 0 Å². The minimum atomic E-state index is -0.835. The lowest BCUT2D eigenvalue weighted by Gasteiger charge is -2.08. The smallest absolute Gasteiger partial charge is 0.140 e. The molecule has 0 unspecified atom stereocenters. The summed E-state index contributed by atoms with van der Waals surface area (Å²) in [7, 11) is -0.835. The summed E-state index contributed by atoms with van der Waals surface area (Å²) in [6, 6.07) is 11.4. The summed E-state index contributed by atoms with van der Waals surface area (Å²) in [6.07, 6.45) is 4.99. The third kappa shape index (κ3) is 2.22. The maximum Gasteiger partial charge on any atom is 0.140 e. The Morgan fingerprint density at radius 3 is 1.24 bits per heavy atom. The Morgan fingerprint density at radius 1 is 0.647 bits per heavy atom. The van der Waals surface area contributed by atoms with Crippen molar-refractivity contribution in [3.05, 3.63) is 55.2 Å². The van der Waals surface area contributed by atoms with Gasteiger partial charge in [-0.3, -0.25) is 0 Å². The van der Waals surface area contributed by atoms with Crippen molar-refractivity contribution in [1.82, 2.24) is 0 Å². The van der Waals surface area contributed by atoms with E-state index in [0.717, 1.165) is 16.5 Å². The van der Waals surface area contributed by atoms with E-state index in [-0.39, 0.29) is 8.41 Å². The zero-order valence-electron chi connectivity index (χ0n) is 8.95. The number of hydrogen-bond acceptors (Lipinski definition) is 3. The van der Waals surface area contributed by atoms with Gasteiger partial charge in [-0.1, -0.05) is 0 Å². The summed E-state index contributed by atoms with van der Waals surface area (Å²) in [4.78, 5) is 0. The highest BCUT2D eigenvalue weighted by Gasteiger charge is 2.24. The molecule has 0 aromatic carbocycles. The minimum absolute atomic E-state index is 0. The van der Waals surface area contributed by atoms with Crippen LogP contribution in [0.3, 0.4) is 0 Å². The lowest BCUT2D eigenvalue weighted by atomic mass is 10.7. The van der Waals surface area contributed by atoms with Gasteiger partial charge in [-0.05, 0) is 36.4 Å². The fourth-order valence-electron chi connectivity index (χ4n) is 1.52.